The van der Waals surface area contributed by atoms with Gasteiger partial charge in [0.05, 0.1) is 24.3 Å². The van der Waals surface area contributed by atoms with Crippen molar-refractivity contribution in [2.24, 2.45) is 28.3 Å². The first-order chi connectivity index (χ1) is 17.0. The highest BCUT2D eigenvalue weighted by atomic mass is 16.5. The van der Waals surface area contributed by atoms with E-state index in [1.165, 1.54) is 24.3 Å². The third-order valence-corrected chi connectivity index (χ3v) is 8.57. The summed E-state index contributed by atoms with van der Waals surface area (Å²) in [4.78, 5) is 26.7. The maximum absolute atomic E-state index is 13.4. The fourth-order valence-electron chi connectivity index (χ4n) is 7.34. The molecule has 5 aliphatic rings. The topological polar surface area (TPSA) is 68.2 Å². The molecule has 4 aliphatic carbocycles. The summed E-state index contributed by atoms with van der Waals surface area (Å²) in [7, 11) is 1.63. The second-order valence-corrected chi connectivity index (χ2v) is 10.9. The second kappa shape index (κ2) is 8.81. The largest absolute Gasteiger partial charge is 0.497 e. The third kappa shape index (κ3) is 4.13. The van der Waals surface area contributed by atoms with Gasteiger partial charge in [0.15, 0.2) is 6.61 Å². The zero-order valence-corrected chi connectivity index (χ0v) is 20.2. The van der Waals surface area contributed by atoms with Crippen molar-refractivity contribution in [3.63, 3.8) is 0 Å². The van der Waals surface area contributed by atoms with Crippen molar-refractivity contribution in [2.45, 2.75) is 51.0 Å². The van der Waals surface area contributed by atoms with Crippen molar-refractivity contribution >= 4 is 17.6 Å². The molecule has 4 bridgehead atoms. The van der Waals surface area contributed by atoms with Crippen LogP contribution in [0, 0.1) is 23.2 Å². The zero-order valence-electron chi connectivity index (χ0n) is 20.2. The van der Waals surface area contributed by atoms with Crippen LogP contribution in [0.15, 0.2) is 59.7 Å². The quantitative estimate of drug-likeness (QED) is 0.547. The SMILES string of the molecule is COc1ccc([C@H]2CC(c3ccccc3)=NN2C(=O)COC(=O)C23CC4CC(CC(C4)C2)C3)cc1. The second-order valence-electron chi connectivity index (χ2n) is 10.9. The van der Waals surface area contributed by atoms with E-state index in [0.717, 1.165) is 41.9 Å². The summed E-state index contributed by atoms with van der Waals surface area (Å²) < 4.78 is 11.0. The molecule has 7 rings (SSSR count). The lowest BCUT2D eigenvalue weighted by molar-refractivity contribution is -0.174. The van der Waals surface area contributed by atoms with Crippen LogP contribution in [0.5, 0.6) is 5.75 Å². The molecule has 1 atom stereocenters. The van der Waals surface area contributed by atoms with E-state index in [1.807, 2.05) is 54.6 Å². The number of nitrogens with zero attached hydrogens (tertiary/aromatic N) is 2. The number of hydrazone groups is 1. The van der Waals surface area contributed by atoms with Gasteiger partial charge >= 0.3 is 5.97 Å². The Balaban J connectivity index is 1.19. The van der Waals surface area contributed by atoms with Gasteiger partial charge in [0.25, 0.3) is 5.91 Å². The molecule has 0 unspecified atom stereocenters. The van der Waals surface area contributed by atoms with Crippen LogP contribution in [-0.2, 0) is 14.3 Å². The van der Waals surface area contributed by atoms with Gasteiger partial charge in [-0.05, 0) is 79.5 Å². The van der Waals surface area contributed by atoms with Crippen LogP contribution in [0.4, 0.5) is 0 Å². The first kappa shape index (κ1) is 22.3. The van der Waals surface area contributed by atoms with E-state index < -0.39 is 0 Å². The van der Waals surface area contributed by atoms with Crippen LogP contribution in [0.2, 0.25) is 0 Å². The number of esters is 1. The Bertz CT molecular complexity index is 1110. The van der Waals surface area contributed by atoms with Crippen LogP contribution < -0.4 is 4.74 Å². The van der Waals surface area contributed by atoms with Gasteiger partial charge < -0.3 is 9.47 Å². The van der Waals surface area contributed by atoms with Gasteiger partial charge in [-0.3, -0.25) is 9.59 Å². The maximum Gasteiger partial charge on any atom is 0.312 e. The number of carbonyl (C=O) groups is 2. The smallest absolute Gasteiger partial charge is 0.312 e. The van der Waals surface area contributed by atoms with Crippen LogP contribution in [0.3, 0.4) is 0 Å². The number of hydrogen-bond donors (Lipinski definition) is 0. The minimum atomic E-state index is -0.367. The Morgan fingerprint density at radius 1 is 0.943 bits per heavy atom. The first-order valence-electron chi connectivity index (χ1n) is 12.8. The molecule has 6 nitrogen and oxygen atoms in total. The minimum Gasteiger partial charge on any atom is -0.497 e. The molecule has 2 aromatic carbocycles. The standard InChI is InChI=1S/C29H32N2O4/c1-34-24-9-7-23(8-10-24)26-14-25(22-5-3-2-4-6-22)30-31(26)27(32)18-35-28(33)29-15-19-11-20(16-29)13-21(12-19)17-29/h2-10,19-21,26H,11-18H2,1H3/t19?,20?,21?,26-,29?/m1/s1. The molecule has 1 aliphatic heterocycles. The van der Waals surface area contributed by atoms with Crippen molar-refractivity contribution in [1.29, 1.82) is 0 Å². The van der Waals surface area contributed by atoms with E-state index in [2.05, 4.69) is 0 Å². The zero-order chi connectivity index (χ0) is 24.0. The third-order valence-electron chi connectivity index (χ3n) is 8.57. The maximum atomic E-state index is 13.4. The molecule has 0 aromatic heterocycles. The van der Waals surface area contributed by atoms with E-state index in [9.17, 15) is 9.59 Å². The Kier molecular flexibility index (Phi) is 5.62. The van der Waals surface area contributed by atoms with E-state index in [1.54, 1.807) is 7.11 Å². The van der Waals surface area contributed by atoms with Crippen LogP contribution in [-0.4, -0.2) is 36.3 Å². The average Bonchev–Trinajstić information content (AvgIpc) is 3.32. The lowest BCUT2D eigenvalue weighted by atomic mass is 9.49. The van der Waals surface area contributed by atoms with Gasteiger partial charge in [0.1, 0.15) is 5.75 Å². The summed E-state index contributed by atoms with van der Waals surface area (Å²) in [5, 5.41) is 6.22. The monoisotopic (exact) mass is 472 g/mol. The highest BCUT2D eigenvalue weighted by Gasteiger charge is 2.55. The molecule has 1 amide bonds. The summed E-state index contributed by atoms with van der Waals surface area (Å²) in [6, 6.07) is 17.4. The molecule has 0 N–H and O–H groups in total. The molecule has 0 spiro atoms. The van der Waals surface area contributed by atoms with E-state index in [4.69, 9.17) is 14.6 Å². The Labute approximate surface area is 206 Å². The van der Waals surface area contributed by atoms with Crippen molar-refractivity contribution in [2.75, 3.05) is 13.7 Å². The molecule has 2 aromatic rings. The lowest BCUT2D eigenvalue weighted by Crippen LogP contribution is -2.51. The van der Waals surface area contributed by atoms with Gasteiger partial charge in [0.2, 0.25) is 0 Å². The predicted octanol–water partition coefficient (Wildman–Crippen LogP) is 5.13. The van der Waals surface area contributed by atoms with E-state index in [0.29, 0.717) is 24.2 Å². The summed E-state index contributed by atoms with van der Waals surface area (Å²) in [6.07, 6.45) is 7.19. The predicted molar refractivity (Wildman–Crippen MR) is 132 cm³/mol. The lowest BCUT2D eigenvalue weighted by Gasteiger charge is -2.55. The molecular weight excluding hydrogens is 440 g/mol. The number of benzene rings is 2. The molecular formula is C29H32N2O4. The van der Waals surface area contributed by atoms with Gasteiger partial charge in [0, 0.05) is 6.42 Å². The molecule has 0 radical (unpaired) electrons. The fraction of sp³-hybridized carbons (Fsp3) is 0.483. The number of hydrogen-bond acceptors (Lipinski definition) is 5. The molecule has 182 valence electrons. The molecule has 4 saturated carbocycles. The molecule has 0 saturated heterocycles. The Hall–Kier alpha value is -3.15. The number of rotatable bonds is 6. The van der Waals surface area contributed by atoms with Crippen molar-refractivity contribution in [3.05, 3.63) is 65.7 Å². The Morgan fingerprint density at radius 2 is 1.57 bits per heavy atom. The Morgan fingerprint density at radius 3 is 2.17 bits per heavy atom. The van der Waals surface area contributed by atoms with Crippen molar-refractivity contribution in [3.8, 4) is 5.75 Å². The minimum absolute atomic E-state index is 0.169. The summed E-state index contributed by atoms with van der Waals surface area (Å²) in [5.74, 6) is 2.27. The highest BCUT2D eigenvalue weighted by Crippen LogP contribution is 2.60. The summed E-state index contributed by atoms with van der Waals surface area (Å²) in [6.45, 7) is -0.265. The van der Waals surface area contributed by atoms with Crippen molar-refractivity contribution < 1.29 is 19.1 Å². The number of carbonyl (C=O) groups excluding carboxylic acids is 2. The molecule has 1 heterocycles. The molecule has 6 heteroatoms. The number of amides is 1. The number of ether oxygens (including phenoxy) is 2. The average molecular weight is 473 g/mol. The molecule has 35 heavy (non-hydrogen) atoms. The highest BCUT2D eigenvalue weighted by molar-refractivity contribution is 6.03. The van der Waals surface area contributed by atoms with Crippen molar-refractivity contribution in [1.82, 2.24) is 5.01 Å². The van der Waals surface area contributed by atoms with Gasteiger partial charge in [-0.15, -0.1) is 0 Å². The van der Waals surface area contributed by atoms with E-state index in [-0.39, 0.29) is 29.9 Å². The van der Waals surface area contributed by atoms with Gasteiger partial charge in [-0.2, -0.15) is 5.10 Å². The van der Waals surface area contributed by atoms with E-state index >= 15 is 0 Å². The number of methoxy groups -OCH3 is 1. The van der Waals surface area contributed by atoms with Gasteiger partial charge in [-0.1, -0.05) is 42.5 Å². The molecule has 4 fully saturated rings. The fourth-order valence-corrected chi connectivity index (χ4v) is 7.34. The van der Waals surface area contributed by atoms with Gasteiger partial charge in [-0.25, -0.2) is 5.01 Å². The summed E-state index contributed by atoms with van der Waals surface area (Å²) >= 11 is 0. The van der Waals surface area contributed by atoms with Crippen LogP contribution in [0.25, 0.3) is 0 Å². The van der Waals surface area contributed by atoms with Crippen LogP contribution >= 0.6 is 0 Å². The summed E-state index contributed by atoms with van der Waals surface area (Å²) in [5.41, 5.74) is 2.45. The normalized spacial score (nSPS) is 30.8. The van der Waals surface area contributed by atoms with Crippen LogP contribution in [0.1, 0.15) is 62.1 Å². The first-order valence-corrected chi connectivity index (χ1v) is 12.8.